The highest BCUT2D eigenvalue weighted by Crippen LogP contribution is 2.23. The van der Waals surface area contributed by atoms with Gasteiger partial charge in [-0.05, 0) is 32.4 Å². The van der Waals surface area contributed by atoms with Gasteiger partial charge in [0.05, 0.1) is 19.8 Å². The molecule has 0 amide bonds. The number of hydrogen-bond acceptors (Lipinski definition) is 3. The van der Waals surface area contributed by atoms with Crippen LogP contribution in [0.15, 0.2) is 18.2 Å². The molecule has 0 heterocycles. The maximum absolute atomic E-state index is 5.66. The molecular formula is C14H22O3. The first-order chi connectivity index (χ1) is 8.17. The minimum Gasteiger partial charge on any atom is -0.496 e. The van der Waals surface area contributed by atoms with E-state index in [4.69, 9.17) is 14.2 Å². The molecule has 0 N–H and O–H groups in total. The van der Waals surface area contributed by atoms with E-state index in [0.29, 0.717) is 6.61 Å². The third-order valence-electron chi connectivity index (χ3n) is 2.62. The molecule has 0 bridgehead atoms. The fourth-order valence-electron chi connectivity index (χ4n) is 1.60. The van der Waals surface area contributed by atoms with Gasteiger partial charge in [-0.25, -0.2) is 0 Å². The van der Waals surface area contributed by atoms with Crippen molar-refractivity contribution in [2.75, 3.05) is 20.3 Å². The van der Waals surface area contributed by atoms with Crippen LogP contribution >= 0.6 is 0 Å². The molecule has 0 spiro atoms. The van der Waals surface area contributed by atoms with Crippen LogP contribution in [-0.2, 0) is 4.74 Å². The highest BCUT2D eigenvalue weighted by molar-refractivity contribution is 5.39. The van der Waals surface area contributed by atoms with E-state index in [1.54, 1.807) is 7.11 Å². The zero-order chi connectivity index (χ0) is 12.7. The Morgan fingerprint density at radius 3 is 2.71 bits per heavy atom. The molecule has 0 saturated carbocycles. The Balaban J connectivity index is 2.41. The lowest BCUT2D eigenvalue weighted by molar-refractivity contribution is 0.0596. The number of rotatable bonds is 7. The van der Waals surface area contributed by atoms with Crippen LogP contribution in [0.2, 0.25) is 0 Å². The molecule has 0 aliphatic rings. The molecule has 1 aromatic carbocycles. The zero-order valence-corrected chi connectivity index (χ0v) is 11.2. The lowest BCUT2D eigenvalue weighted by Crippen LogP contribution is -2.12. The van der Waals surface area contributed by atoms with Gasteiger partial charge >= 0.3 is 0 Å². The summed E-state index contributed by atoms with van der Waals surface area (Å²) in [5.74, 6) is 1.71. The molecule has 0 fully saturated rings. The summed E-state index contributed by atoms with van der Waals surface area (Å²) in [6.07, 6.45) is 1.14. The predicted octanol–water partition coefficient (Wildman–Crippen LogP) is 3.20. The average molecular weight is 238 g/mol. The maximum Gasteiger partial charge on any atom is 0.125 e. The Kier molecular flexibility index (Phi) is 5.84. The second-order valence-electron chi connectivity index (χ2n) is 4.03. The normalized spacial score (nSPS) is 12.2. The van der Waals surface area contributed by atoms with Crippen LogP contribution < -0.4 is 9.47 Å². The van der Waals surface area contributed by atoms with Crippen molar-refractivity contribution >= 4 is 0 Å². The van der Waals surface area contributed by atoms with E-state index < -0.39 is 0 Å². The lowest BCUT2D eigenvalue weighted by Gasteiger charge is -2.13. The van der Waals surface area contributed by atoms with Gasteiger partial charge in [0.25, 0.3) is 0 Å². The van der Waals surface area contributed by atoms with E-state index in [1.165, 1.54) is 0 Å². The van der Waals surface area contributed by atoms with Gasteiger partial charge in [-0.3, -0.25) is 0 Å². The van der Waals surface area contributed by atoms with E-state index in [2.05, 4.69) is 6.92 Å². The fraction of sp³-hybridized carbons (Fsp3) is 0.571. The Labute approximate surface area is 104 Å². The summed E-state index contributed by atoms with van der Waals surface area (Å²) in [5.41, 5.74) is 1.11. The monoisotopic (exact) mass is 238 g/mol. The molecule has 0 aliphatic heterocycles. The van der Waals surface area contributed by atoms with Crippen molar-refractivity contribution in [1.29, 1.82) is 0 Å². The minimum absolute atomic E-state index is 0.243. The molecule has 1 aromatic rings. The molecule has 3 heteroatoms. The molecule has 1 atom stereocenters. The van der Waals surface area contributed by atoms with E-state index in [-0.39, 0.29) is 6.10 Å². The Morgan fingerprint density at radius 2 is 2.06 bits per heavy atom. The summed E-state index contributed by atoms with van der Waals surface area (Å²) >= 11 is 0. The third kappa shape index (κ3) is 4.65. The van der Waals surface area contributed by atoms with Crippen molar-refractivity contribution in [2.24, 2.45) is 0 Å². The maximum atomic E-state index is 5.66. The van der Waals surface area contributed by atoms with Gasteiger partial charge in [0.15, 0.2) is 0 Å². The number of hydrogen-bond donors (Lipinski definition) is 0. The molecule has 1 unspecified atom stereocenters. The smallest absolute Gasteiger partial charge is 0.125 e. The first-order valence-electron chi connectivity index (χ1n) is 6.06. The van der Waals surface area contributed by atoms with Crippen LogP contribution in [0.4, 0.5) is 0 Å². The molecule has 17 heavy (non-hydrogen) atoms. The second kappa shape index (κ2) is 7.17. The second-order valence-corrected chi connectivity index (χ2v) is 4.03. The van der Waals surface area contributed by atoms with Crippen LogP contribution in [0.25, 0.3) is 0 Å². The van der Waals surface area contributed by atoms with Gasteiger partial charge in [-0.2, -0.15) is 0 Å². The zero-order valence-electron chi connectivity index (χ0n) is 11.2. The van der Waals surface area contributed by atoms with Gasteiger partial charge in [-0.1, -0.05) is 6.07 Å². The van der Waals surface area contributed by atoms with Gasteiger partial charge in [0.1, 0.15) is 11.5 Å². The van der Waals surface area contributed by atoms with Crippen molar-refractivity contribution in [3.8, 4) is 11.5 Å². The van der Waals surface area contributed by atoms with E-state index in [9.17, 15) is 0 Å². The third-order valence-corrected chi connectivity index (χ3v) is 2.62. The lowest BCUT2D eigenvalue weighted by atomic mass is 10.2. The number of aryl methyl sites for hydroxylation is 1. The average Bonchev–Trinajstić information content (AvgIpc) is 2.31. The Morgan fingerprint density at radius 1 is 1.29 bits per heavy atom. The first kappa shape index (κ1) is 13.8. The summed E-state index contributed by atoms with van der Waals surface area (Å²) in [6.45, 7) is 7.48. The van der Waals surface area contributed by atoms with Crippen LogP contribution in [0.5, 0.6) is 11.5 Å². The van der Waals surface area contributed by atoms with Crippen LogP contribution in [0.1, 0.15) is 25.8 Å². The van der Waals surface area contributed by atoms with Gasteiger partial charge in [0.2, 0.25) is 0 Å². The SMILES string of the molecule is CCOC(C)CCOc1ccc(C)c(OC)c1. The van der Waals surface area contributed by atoms with E-state index >= 15 is 0 Å². The highest BCUT2D eigenvalue weighted by atomic mass is 16.5. The van der Waals surface area contributed by atoms with Crippen LogP contribution in [-0.4, -0.2) is 26.4 Å². The largest absolute Gasteiger partial charge is 0.496 e. The number of methoxy groups -OCH3 is 1. The molecular weight excluding hydrogens is 216 g/mol. The number of benzene rings is 1. The van der Waals surface area contributed by atoms with Gasteiger partial charge in [0, 0.05) is 19.1 Å². The van der Waals surface area contributed by atoms with E-state index in [0.717, 1.165) is 30.1 Å². The van der Waals surface area contributed by atoms with Crippen molar-refractivity contribution in [1.82, 2.24) is 0 Å². The molecule has 0 radical (unpaired) electrons. The van der Waals surface area contributed by atoms with Crippen molar-refractivity contribution in [3.05, 3.63) is 23.8 Å². The van der Waals surface area contributed by atoms with Gasteiger partial charge in [-0.15, -0.1) is 0 Å². The summed E-state index contributed by atoms with van der Waals surface area (Å²) in [6, 6.07) is 5.88. The van der Waals surface area contributed by atoms with Crippen LogP contribution in [0.3, 0.4) is 0 Å². The minimum atomic E-state index is 0.243. The number of ether oxygens (including phenoxy) is 3. The van der Waals surface area contributed by atoms with Crippen molar-refractivity contribution in [2.45, 2.75) is 33.3 Å². The summed E-state index contributed by atoms with van der Waals surface area (Å²) < 4.78 is 16.3. The van der Waals surface area contributed by atoms with Crippen molar-refractivity contribution < 1.29 is 14.2 Å². The summed E-state index contributed by atoms with van der Waals surface area (Å²) in [4.78, 5) is 0. The quantitative estimate of drug-likeness (QED) is 0.730. The topological polar surface area (TPSA) is 27.7 Å². The van der Waals surface area contributed by atoms with Gasteiger partial charge < -0.3 is 14.2 Å². The van der Waals surface area contributed by atoms with Crippen LogP contribution in [0, 0.1) is 6.92 Å². The standard InChI is InChI=1S/C14H22O3/c1-5-16-12(3)8-9-17-13-7-6-11(2)14(10-13)15-4/h6-7,10,12H,5,8-9H2,1-4H3. The Hall–Kier alpha value is -1.22. The van der Waals surface area contributed by atoms with Crippen molar-refractivity contribution in [3.63, 3.8) is 0 Å². The molecule has 0 saturated heterocycles. The van der Waals surface area contributed by atoms with E-state index in [1.807, 2.05) is 32.0 Å². The Bertz CT molecular complexity index is 336. The summed E-state index contributed by atoms with van der Waals surface area (Å²) in [5, 5.41) is 0. The molecule has 0 aromatic heterocycles. The first-order valence-corrected chi connectivity index (χ1v) is 6.06. The fourth-order valence-corrected chi connectivity index (χ4v) is 1.60. The molecule has 1 rings (SSSR count). The molecule has 96 valence electrons. The summed E-state index contributed by atoms with van der Waals surface area (Å²) in [7, 11) is 1.67. The molecule has 0 aliphatic carbocycles. The predicted molar refractivity (Wildman–Crippen MR) is 68.9 cm³/mol. The highest BCUT2D eigenvalue weighted by Gasteiger charge is 2.03. The molecule has 3 nitrogen and oxygen atoms in total.